The third-order valence-corrected chi connectivity index (χ3v) is 2.86. The summed E-state index contributed by atoms with van der Waals surface area (Å²) in [5, 5.41) is 33.5. The van der Waals surface area contributed by atoms with E-state index >= 15 is 0 Å². The first kappa shape index (κ1) is 11.3. The maximum atomic E-state index is 9.30. The molecule has 0 aromatic rings. The quantitative estimate of drug-likeness (QED) is 0.306. The van der Waals surface area contributed by atoms with Crippen LogP contribution in [0.4, 0.5) is 0 Å². The van der Waals surface area contributed by atoms with E-state index < -0.39 is 19.2 Å². The average molecular weight is 214 g/mol. The molecule has 0 bridgehead atoms. The van der Waals surface area contributed by atoms with Crippen LogP contribution in [0.3, 0.4) is 0 Å². The predicted octanol–water partition coefficient (Wildman–Crippen LogP) is -3.93. The van der Waals surface area contributed by atoms with Gasteiger partial charge in [0.2, 0.25) is 0 Å². The van der Waals surface area contributed by atoms with Crippen LogP contribution in [0.5, 0.6) is 0 Å². The molecule has 2 aliphatic heterocycles. The van der Waals surface area contributed by atoms with Crippen molar-refractivity contribution in [3.63, 3.8) is 0 Å². The topological polar surface area (TPSA) is 97.2 Å². The summed E-state index contributed by atoms with van der Waals surface area (Å²) in [5.74, 6) is -0.533. The van der Waals surface area contributed by atoms with E-state index in [0.717, 1.165) is 6.54 Å². The minimum Gasteiger partial charge on any atom is -0.429 e. The van der Waals surface area contributed by atoms with Gasteiger partial charge in [-0.1, -0.05) is 0 Å². The van der Waals surface area contributed by atoms with Crippen LogP contribution in [0.2, 0.25) is 0 Å². The van der Waals surface area contributed by atoms with Crippen LogP contribution in [0.1, 0.15) is 0 Å². The lowest BCUT2D eigenvalue weighted by molar-refractivity contribution is 0.0199. The zero-order valence-electron chi connectivity index (χ0n) is 8.21. The third-order valence-electron chi connectivity index (χ3n) is 2.86. The van der Waals surface area contributed by atoms with Crippen molar-refractivity contribution in [2.75, 3.05) is 19.6 Å². The van der Waals surface area contributed by atoms with E-state index in [2.05, 4.69) is 10.6 Å². The van der Waals surface area contributed by atoms with Crippen molar-refractivity contribution in [3.8, 4) is 0 Å². The van der Waals surface area contributed by atoms with E-state index in [-0.39, 0.29) is 6.29 Å². The van der Waals surface area contributed by atoms with Gasteiger partial charge < -0.3 is 19.7 Å². The molecular weight excluding hydrogens is 200 g/mol. The van der Waals surface area contributed by atoms with Crippen molar-refractivity contribution >= 4 is 14.8 Å². The van der Waals surface area contributed by atoms with Crippen molar-refractivity contribution in [1.29, 1.82) is 0 Å². The Bertz CT molecular complexity index is 223. The van der Waals surface area contributed by atoms with Crippen molar-refractivity contribution in [3.05, 3.63) is 0 Å². The Labute approximate surface area is 88.9 Å². The lowest BCUT2D eigenvalue weighted by Gasteiger charge is -2.42. The summed E-state index contributed by atoms with van der Waals surface area (Å²) in [6, 6.07) is 0. The van der Waals surface area contributed by atoms with Gasteiger partial charge in [0.15, 0.2) is 0 Å². The van der Waals surface area contributed by atoms with E-state index in [1.54, 1.807) is 0 Å². The number of nitrogens with zero attached hydrogens (tertiary/aromatic N) is 1. The van der Waals surface area contributed by atoms with Crippen LogP contribution in [0.25, 0.3) is 0 Å². The summed E-state index contributed by atoms with van der Waals surface area (Å²) in [5.41, 5.74) is 0. The molecule has 0 spiro atoms. The predicted molar refractivity (Wildman–Crippen MR) is 53.3 cm³/mol. The summed E-state index contributed by atoms with van der Waals surface area (Å²) in [4.78, 5) is 1.88. The van der Waals surface area contributed by atoms with Crippen LogP contribution in [-0.4, -0.2) is 72.7 Å². The van der Waals surface area contributed by atoms with Crippen LogP contribution in [0, 0.1) is 0 Å². The Morgan fingerprint density at radius 2 is 2.20 bits per heavy atom. The molecule has 2 fully saturated rings. The molecule has 15 heavy (non-hydrogen) atoms. The van der Waals surface area contributed by atoms with Gasteiger partial charge in [0.05, 0.1) is 12.0 Å². The van der Waals surface area contributed by atoms with Crippen molar-refractivity contribution in [2.24, 2.45) is 0 Å². The molecule has 0 aromatic carbocycles. The zero-order valence-corrected chi connectivity index (χ0v) is 8.21. The minimum absolute atomic E-state index is 0.0460. The van der Waals surface area contributed by atoms with Crippen molar-refractivity contribution in [1.82, 2.24) is 15.5 Å². The Kier molecular flexibility index (Phi) is 3.62. The number of hydrogen-bond acceptors (Lipinski definition) is 7. The first-order valence-electron chi connectivity index (χ1n) is 4.94. The number of nitrogens with one attached hydrogen (secondary N) is 2. The summed E-state index contributed by atoms with van der Waals surface area (Å²) in [6.07, 6.45) is -0.513. The van der Waals surface area contributed by atoms with Crippen molar-refractivity contribution in [2.45, 2.75) is 18.3 Å². The Balaban J connectivity index is 2.07. The normalized spacial score (nSPS) is 36.3. The summed E-state index contributed by atoms with van der Waals surface area (Å²) in [6.45, 7) is 1.95. The molecule has 5 N–H and O–H groups in total. The highest BCUT2D eigenvalue weighted by Gasteiger charge is 2.45. The second-order valence-corrected chi connectivity index (χ2v) is 3.69. The van der Waals surface area contributed by atoms with E-state index in [1.807, 2.05) is 4.90 Å². The lowest BCUT2D eigenvalue weighted by atomic mass is 9.73. The first-order chi connectivity index (χ1) is 7.24. The Morgan fingerprint density at radius 1 is 1.40 bits per heavy atom. The number of fused-ring (bicyclic) bond motifs is 1. The molecule has 0 aromatic heterocycles. The fourth-order valence-electron chi connectivity index (χ4n) is 2.22. The Hall–Kier alpha value is -0.150. The maximum Gasteiger partial charge on any atom is 0.485 e. The highest BCUT2D eigenvalue weighted by molar-refractivity contribution is 6.43. The lowest BCUT2D eigenvalue weighted by Crippen LogP contribution is -2.68. The van der Waals surface area contributed by atoms with Gasteiger partial charge in [-0.2, -0.15) is 0 Å². The third kappa shape index (κ3) is 2.18. The van der Waals surface area contributed by atoms with Gasteiger partial charge in [0.25, 0.3) is 0 Å². The van der Waals surface area contributed by atoms with Gasteiger partial charge in [-0.05, 0) is 0 Å². The molecule has 3 atom stereocenters. The highest BCUT2D eigenvalue weighted by Crippen LogP contribution is 2.18. The van der Waals surface area contributed by atoms with E-state index in [9.17, 15) is 10.0 Å². The molecule has 3 unspecified atom stereocenters. The van der Waals surface area contributed by atoms with E-state index in [0.29, 0.717) is 20.8 Å². The van der Waals surface area contributed by atoms with Gasteiger partial charge in [-0.3, -0.25) is 15.5 Å². The molecule has 7 nitrogen and oxygen atoms in total. The van der Waals surface area contributed by atoms with Gasteiger partial charge in [0, 0.05) is 19.6 Å². The van der Waals surface area contributed by atoms with Gasteiger partial charge in [0.1, 0.15) is 6.29 Å². The smallest absolute Gasteiger partial charge is 0.429 e. The van der Waals surface area contributed by atoms with Gasteiger partial charge in [-0.25, -0.2) is 0 Å². The summed E-state index contributed by atoms with van der Waals surface area (Å²) in [7, 11) is -0.898. The van der Waals surface area contributed by atoms with E-state index in [1.165, 1.54) is 0 Å². The SMILES string of the molecule is O[B]OC1CNC2NCCN2C1B(O)O. The monoisotopic (exact) mass is 214 g/mol. The number of rotatable bonds is 3. The zero-order chi connectivity index (χ0) is 10.8. The minimum atomic E-state index is -1.49. The van der Waals surface area contributed by atoms with Gasteiger partial charge in [-0.15, -0.1) is 0 Å². The molecule has 9 heteroatoms. The molecule has 2 aliphatic rings. The molecule has 2 saturated heterocycles. The molecular formula is C6H14B2N3O4. The van der Waals surface area contributed by atoms with E-state index in [4.69, 9.17) is 9.68 Å². The van der Waals surface area contributed by atoms with Crippen LogP contribution in [0.15, 0.2) is 0 Å². The second kappa shape index (κ2) is 4.79. The van der Waals surface area contributed by atoms with Gasteiger partial charge >= 0.3 is 14.8 Å². The summed E-state index contributed by atoms with van der Waals surface area (Å²) < 4.78 is 4.94. The largest absolute Gasteiger partial charge is 0.485 e. The average Bonchev–Trinajstić information content (AvgIpc) is 2.64. The first-order valence-corrected chi connectivity index (χ1v) is 4.94. The fraction of sp³-hybridized carbons (Fsp3) is 1.00. The highest BCUT2D eigenvalue weighted by atomic mass is 16.5. The molecule has 1 radical (unpaired) electrons. The molecule has 2 rings (SSSR count). The molecule has 2 heterocycles. The van der Waals surface area contributed by atoms with Crippen LogP contribution < -0.4 is 10.6 Å². The number of hydrogen-bond donors (Lipinski definition) is 5. The molecule has 83 valence electrons. The summed E-state index contributed by atoms with van der Waals surface area (Å²) >= 11 is 0. The van der Waals surface area contributed by atoms with Crippen LogP contribution in [-0.2, 0) is 4.65 Å². The second-order valence-electron chi connectivity index (χ2n) is 3.69. The molecule has 0 saturated carbocycles. The Morgan fingerprint density at radius 3 is 2.87 bits per heavy atom. The van der Waals surface area contributed by atoms with Crippen LogP contribution >= 0.6 is 0 Å². The molecule has 0 aliphatic carbocycles. The standard InChI is InChI=1S/C6H14B2N3O4/c12-7-15-4-3-10-6-9-1-2-11(6)5(4)8(13)14/h4-6,9-10,12-14H,1-3H2. The molecule has 0 amide bonds. The maximum absolute atomic E-state index is 9.30. The van der Waals surface area contributed by atoms with Crippen molar-refractivity contribution < 1.29 is 19.7 Å². The fourth-order valence-corrected chi connectivity index (χ4v) is 2.22.